The molecule has 0 spiro atoms. The Balaban J connectivity index is 1.58. The Morgan fingerprint density at radius 3 is 2.68 bits per heavy atom. The van der Waals surface area contributed by atoms with E-state index >= 15 is 0 Å². The fraction of sp³-hybridized carbons (Fsp3) is 0.261. The van der Waals surface area contributed by atoms with Crippen LogP contribution >= 0.6 is 0 Å². The number of halogens is 1. The van der Waals surface area contributed by atoms with Crippen molar-refractivity contribution in [2.75, 3.05) is 13.1 Å². The summed E-state index contributed by atoms with van der Waals surface area (Å²) in [5.41, 5.74) is 4.37. The van der Waals surface area contributed by atoms with E-state index in [0.717, 1.165) is 41.9 Å². The highest BCUT2D eigenvalue weighted by Gasteiger charge is 2.27. The Morgan fingerprint density at radius 2 is 1.93 bits per heavy atom. The van der Waals surface area contributed by atoms with Gasteiger partial charge in [-0.1, -0.05) is 18.2 Å². The summed E-state index contributed by atoms with van der Waals surface area (Å²) >= 11 is 0. The van der Waals surface area contributed by atoms with E-state index in [1.165, 1.54) is 12.1 Å². The number of pyridine rings is 2. The number of nitrogens with zero attached hydrogens (tertiary/aromatic N) is 3. The molecular weight excluding hydrogens is 353 g/mol. The molecule has 1 amide bonds. The maximum atomic E-state index is 13.3. The average molecular weight is 375 g/mol. The number of aromatic nitrogens is 2. The van der Waals surface area contributed by atoms with E-state index in [9.17, 15) is 9.18 Å². The first-order valence-corrected chi connectivity index (χ1v) is 9.55. The molecule has 0 N–H and O–H groups in total. The third-order valence-corrected chi connectivity index (χ3v) is 5.16. The molecule has 4 rings (SSSR count). The Labute approximate surface area is 164 Å². The minimum Gasteiger partial charge on any atom is -0.337 e. The van der Waals surface area contributed by atoms with Crippen molar-refractivity contribution in [3.05, 3.63) is 83.7 Å². The molecule has 142 valence electrons. The van der Waals surface area contributed by atoms with Crippen LogP contribution < -0.4 is 0 Å². The van der Waals surface area contributed by atoms with Crippen LogP contribution in [0.5, 0.6) is 0 Å². The van der Waals surface area contributed by atoms with Crippen LogP contribution in [0.25, 0.3) is 11.1 Å². The van der Waals surface area contributed by atoms with Gasteiger partial charge in [0, 0.05) is 36.6 Å². The second-order valence-corrected chi connectivity index (χ2v) is 7.23. The number of benzene rings is 1. The fourth-order valence-corrected chi connectivity index (χ4v) is 3.77. The molecule has 1 unspecified atom stereocenters. The molecule has 1 aliphatic rings. The van der Waals surface area contributed by atoms with Crippen molar-refractivity contribution in [2.45, 2.75) is 25.7 Å². The number of aryl methyl sites for hydroxylation is 1. The molecule has 0 saturated carbocycles. The average Bonchev–Trinajstić information content (AvgIpc) is 2.74. The largest absolute Gasteiger partial charge is 0.337 e. The zero-order valence-corrected chi connectivity index (χ0v) is 15.8. The van der Waals surface area contributed by atoms with Crippen molar-refractivity contribution < 1.29 is 9.18 Å². The zero-order chi connectivity index (χ0) is 19.5. The summed E-state index contributed by atoms with van der Waals surface area (Å²) in [7, 11) is 0. The van der Waals surface area contributed by atoms with Gasteiger partial charge >= 0.3 is 0 Å². The van der Waals surface area contributed by atoms with Gasteiger partial charge in [0.2, 0.25) is 0 Å². The Kier molecular flexibility index (Phi) is 5.15. The first kappa shape index (κ1) is 18.3. The van der Waals surface area contributed by atoms with E-state index in [-0.39, 0.29) is 17.6 Å². The monoisotopic (exact) mass is 375 g/mol. The second-order valence-electron chi connectivity index (χ2n) is 7.23. The van der Waals surface area contributed by atoms with Crippen LogP contribution in [0.15, 0.2) is 60.8 Å². The van der Waals surface area contributed by atoms with E-state index < -0.39 is 0 Å². The van der Waals surface area contributed by atoms with E-state index in [0.29, 0.717) is 12.2 Å². The Bertz CT molecular complexity index is 973. The summed E-state index contributed by atoms with van der Waals surface area (Å²) in [6.07, 6.45) is 3.57. The van der Waals surface area contributed by atoms with Gasteiger partial charge in [-0.3, -0.25) is 14.8 Å². The molecule has 3 heterocycles. The molecule has 0 aliphatic carbocycles. The smallest absolute Gasteiger partial charge is 0.272 e. The van der Waals surface area contributed by atoms with Gasteiger partial charge in [0.25, 0.3) is 5.91 Å². The SMILES string of the molecule is Cc1cc(-c2ccc(F)cc2)cc(C2CCCN(C(=O)c3ccccn3)C2)n1. The van der Waals surface area contributed by atoms with Gasteiger partial charge < -0.3 is 4.90 Å². The van der Waals surface area contributed by atoms with E-state index in [2.05, 4.69) is 11.1 Å². The predicted molar refractivity (Wildman–Crippen MR) is 106 cm³/mol. The summed E-state index contributed by atoms with van der Waals surface area (Å²) in [5.74, 6) is -0.0945. The third-order valence-electron chi connectivity index (χ3n) is 5.16. The van der Waals surface area contributed by atoms with E-state index in [4.69, 9.17) is 4.98 Å². The van der Waals surface area contributed by atoms with Crippen LogP contribution in [0.4, 0.5) is 4.39 Å². The first-order valence-electron chi connectivity index (χ1n) is 9.55. The molecule has 0 bridgehead atoms. The van der Waals surface area contributed by atoms with Crippen molar-refractivity contribution >= 4 is 5.91 Å². The molecule has 5 heteroatoms. The Hall–Kier alpha value is -3.08. The zero-order valence-electron chi connectivity index (χ0n) is 15.8. The van der Waals surface area contributed by atoms with Crippen LogP contribution in [0.2, 0.25) is 0 Å². The lowest BCUT2D eigenvalue weighted by Gasteiger charge is -2.32. The minimum absolute atomic E-state index is 0.0308. The third kappa shape index (κ3) is 3.93. The number of amides is 1. The number of rotatable bonds is 3. The summed E-state index contributed by atoms with van der Waals surface area (Å²) in [6.45, 7) is 3.34. The van der Waals surface area contributed by atoms with Crippen LogP contribution in [0.1, 0.15) is 40.6 Å². The lowest BCUT2D eigenvalue weighted by atomic mass is 9.92. The molecule has 1 aromatic carbocycles. The minimum atomic E-state index is -0.245. The van der Waals surface area contributed by atoms with Gasteiger partial charge in [-0.2, -0.15) is 0 Å². The molecule has 1 aliphatic heterocycles. The predicted octanol–water partition coefficient (Wildman–Crippen LogP) is 4.61. The van der Waals surface area contributed by atoms with Crippen LogP contribution in [-0.2, 0) is 0 Å². The van der Waals surface area contributed by atoms with Gasteiger partial charge in [-0.15, -0.1) is 0 Å². The molecule has 1 atom stereocenters. The molecule has 2 aromatic heterocycles. The van der Waals surface area contributed by atoms with Crippen LogP contribution in [0.3, 0.4) is 0 Å². The van der Waals surface area contributed by atoms with Crippen LogP contribution in [-0.4, -0.2) is 33.9 Å². The van der Waals surface area contributed by atoms with Crippen molar-refractivity contribution in [1.29, 1.82) is 0 Å². The van der Waals surface area contributed by atoms with Crippen molar-refractivity contribution in [3.8, 4) is 11.1 Å². The highest BCUT2D eigenvalue weighted by molar-refractivity contribution is 5.92. The quantitative estimate of drug-likeness (QED) is 0.671. The number of piperidine rings is 1. The number of carbonyl (C=O) groups is 1. The summed E-state index contributed by atoms with van der Waals surface area (Å²) in [4.78, 5) is 23.6. The van der Waals surface area contributed by atoms with Gasteiger partial charge in [0.05, 0.1) is 0 Å². The first-order chi connectivity index (χ1) is 13.6. The highest BCUT2D eigenvalue weighted by Crippen LogP contribution is 2.30. The standard InChI is InChI=1S/C23H22FN3O/c1-16-13-19(17-7-9-20(24)10-8-17)14-22(26-16)18-5-4-12-27(15-18)23(28)21-6-2-3-11-25-21/h2-3,6-11,13-14,18H,4-5,12,15H2,1H3. The van der Waals surface area contributed by atoms with Crippen molar-refractivity contribution in [1.82, 2.24) is 14.9 Å². The molecule has 0 radical (unpaired) electrons. The molecule has 1 fully saturated rings. The normalized spacial score (nSPS) is 16.8. The van der Waals surface area contributed by atoms with Gasteiger partial charge in [-0.05, 0) is 67.3 Å². The van der Waals surface area contributed by atoms with Gasteiger partial charge in [0.1, 0.15) is 11.5 Å². The number of carbonyl (C=O) groups excluding carboxylic acids is 1. The van der Waals surface area contributed by atoms with Gasteiger partial charge in [0.15, 0.2) is 0 Å². The van der Waals surface area contributed by atoms with Gasteiger partial charge in [-0.25, -0.2) is 4.39 Å². The van der Waals surface area contributed by atoms with Crippen molar-refractivity contribution in [3.63, 3.8) is 0 Å². The summed E-state index contributed by atoms with van der Waals surface area (Å²) in [6, 6.07) is 16.0. The number of likely N-dealkylation sites (tertiary alicyclic amines) is 1. The lowest BCUT2D eigenvalue weighted by Crippen LogP contribution is -2.39. The maximum absolute atomic E-state index is 13.3. The Morgan fingerprint density at radius 1 is 1.11 bits per heavy atom. The molecule has 3 aromatic rings. The molecular formula is C23H22FN3O. The summed E-state index contributed by atoms with van der Waals surface area (Å²) < 4.78 is 13.3. The van der Waals surface area contributed by atoms with E-state index in [1.54, 1.807) is 24.4 Å². The highest BCUT2D eigenvalue weighted by atomic mass is 19.1. The maximum Gasteiger partial charge on any atom is 0.272 e. The molecule has 4 nitrogen and oxygen atoms in total. The molecule has 28 heavy (non-hydrogen) atoms. The number of hydrogen-bond acceptors (Lipinski definition) is 3. The van der Waals surface area contributed by atoms with E-state index in [1.807, 2.05) is 30.0 Å². The van der Waals surface area contributed by atoms with Crippen molar-refractivity contribution in [2.24, 2.45) is 0 Å². The van der Waals surface area contributed by atoms with Crippen LogP contribution in [0, 0.1) is 12.7 Å². The summed E-state index contributed by atoms with van der Waals surface area (Å²) in [5, 5.41) is 0. The lowest BCUT2D eigenvalue weighted by molar-refractivity contribution is 0.0700. The topological polar surface area (TPSA) is 46.1 Å². The number of hydrogen-bond donors (Lipinski definition) is 0. The second kappa shape index (κ2) is 7.89. The fourth-order valence-electron chi connectivity index (χ4n) is 3.77. The molecule has 1 saturated heterocycles.